The van der Waals surface area contributed by atoms with Crippen LogP contribution >= 0.6 is 0 Å². The Morgan fingerprint density at radius 2 is 1.00 bits per heavy atom. The molecule has 0 fully saturated rings. The molecule has 0 radical (unpaired) electrons. The average Bonchev–Trinajstić information content (AvgIpc) is 0. The van der Waals surface area contributed by atoms with Crippen LogP contribution < -0.4 is 0 Å². The number of hydrogen-bond acceptors (Lipinski definition) is 0. The molecule has 0 aliphatic rings. The van der Waals surface area contributed by atoms with Crippen molar-refractivity contribution in [2.24, 2.45) is 0 Å². The van der Waals surface area contributed by atoms with Gasteiger partial charge >= 0.3 is 0 Å². The first kappa shape index (κ1) is 34.6. The first-order chi connectivity index (χ1) is 0. The Labute approximate surface area is 129 Å². The summed E-state index contributed by atoms with van der Waals surface area (Å²) in [5, 5.41) is 0. The molecule has 0 N–H and O–H groups in total. The molecule has 40 valence electrons. The molecular weight excluding hydrogens is 501 g/mol. The topological polar surface area (TPSA) is 0 Å². The smallest absolute Gasteiger partial charge is 0 e. The largest absolute Gasteiger partial charge is 0.187 e. The van der Waals surface area contributed by atoms with E-state index in [0.717, 1.165) is 0 Å². The van der Waals surface area contributed by atoms with Crippen LogP contribution in [0.4, 0.5) is 0 Å². The van der Waals surface area contributed by atoms with E-state index in [0.29, 0.717) is 0 Å². The van der Waals surface area contributed by atoms with Gasteiger partial charge in [-0.05, 0) is 0 Å². The maximum Gasteiger partial charge on any atom is 0.187 e. The van der Waals surface area contributed by atoms with E-state index in [1.165, 1.54) is 0 Å². The van der Waals surface area contributed by atoms with E-state index < -0.39 is 0 Å². The second kappa shape index (κ2) is 23.9. The van der Waals surface area contributed by atoms with E-state index in [1.807, 2.05) is 0 Å². The van der Waals surface area contributed by atoms with Gasteiger partial charge in [0.05, 0.1) is 0 Å². The summed E-state index contributed by atoms with van der Waals surface area (Å²) >= 11 is 0. The van der Waals surface area contributed by atoms with Crippen molar-refractivity contribution >= 4 is 17.4 Å². The predicted molar refractivity (Wildman–Crippen MR) is 9.94 cm³/mol. The molecule has 0 bridgehead atoms. The van der Waals surface area contributed by atoms with E-state index in [-0.39, 0.29) is 133 Å². The van der Waals surface area contributed by atoms with Crippen molar-refractivity contribution < 1.29 is 116 Å². The van der Waals surface area contributed by atoms with Crippen LogP contribution in [0.2, 0.25) is 0 Å². The van der Waals surface area contributed by atoms with Crippen LogP contribution in [0, 0.1) is 78.1 Å². The molecule has 0 aromatic carbocycles. The SMILES string of the molecule is [AlH3].[Dy].[Gd].[Mo].[Ni]. The molecule has 0 aliphatic heterocycles. The summed E-state index contributed by atoms with van der Waals surface area (Å²) in [6.07, 6.45) is 0. The van der Waals surface area contributed by atoms with E-state index in [4.69, 9.17) is 0 Å². The Bertz CT molecular complexity index is 11.6. The maximum atomic E-state index is 0. The maximum absolute atomic E-state index is 0. The molecule has 0 amide bonds. The Balaban J connectivity index is 0. The molecule has 0 aliphatic carbocycles. The van der Waals surface area contributed by atoms with Crippen LogP contribution in [0.15, 0.2) is 0 Å². The van der Waals surface area contributed by atoms with Gasteiger partial charge < -0.3 is 0 Å². The minimum Gasteiger partial charge on any atom is 0 e. The van der Waals surface area contributed by atoms with Crippen LogP contribution in [-0.4, -0.2) is 17.4 Å². The first-order valence-corrected chi connectivity index (χ1v) is 0. The summed E-state index contributed by atoms with van der Waals surface area (Å²) in [6, 6.07) is 0. The van der Waals surface area contributed by atoms with Crippen molar-refractivity contribution in [1.29, 1.82) is 0 Å². The molecule has 5 heavy (non-hydrogen) atoms. The molecule has 0 spiro atoms. The molecule has 0 saturated carbocycles. The minimum absolute atomic E-state index is 0. The van der Waals surface area contributed by atoms with Crippen molar-refractivity contribution in [3.8, 4) is 0 Å². The molecule has 5 heteroatoms. The summed E-state index contributed by atoms with van der Waals surface area (Å²) in [6.45, 7) is 0. The van der Waals surface area contributed by atoms with Gasteiger partial charge in [0.2, 0.25) is 0 Å². The zero-order chi connectivity index (χ0) is 0. The summed E-state index contributed by atoms with van der Waals surface area (Å²) in [5.41, 5.74) is 0. The molecule has 0 aromatic rings. The summed E-state index contributed by atoms with van der Waals surface area (Å²) in [7, 11) is 0. The van der Waals surface area contributed by atoms with Gasteiger partial charge in [0.15, 0.2) is 17.4 Å². The zero-order valence-corrected chi connectivity index (χ0v) is 8.69. The Kier molecular flexibility index (Phi) is 165. The van der Waals surface area contributed by atoms with Gasteiger partial charge in [0.1, 0.15) is 0 Å². The van der Waals surface area contributed by atoms with Gasteiger partial charge in [-0.1, -0.05) is 0 Å². The van der Waals surface area contributed by atoms with Crippen LogP contribution in [-0.2, 0) is 37.6 Å². The molecule has 0 aromatic heterocycles. The Morgan fingerprint density at radius 3 is 1.00 bits per heavy atom. The van der Waals surface area contributed by atoms with E-state index in [1.54, 1.807) is 0 Å². The van der Waals surface area contributed by atoms with E-state index in [2.05, 4.69) is 0 Å². The van der Waals surface area contributed by atoms with Gasteiger partial charge in [0.25, 0.3) is 0 Å². The quantitative estimate of drug-likeness (QED) is 0.365. The second-order valence-corrected chi connectivity index (χ2v) is 0. The number of rotatable bonds is 0. The zero-order valence-electron chi connectivity index (χ0n) is 1.39. The van der Waals surface area contributed by atoms with Crippen molar-refractivity contribution in [3.63, 3.8) is 0 Å². The standard InChI is InChI=1S/Al.Dy.Gd.Mo.Ni.3H. The third-order valence-electron chi connectivity index (χ3n) is 0. The molecule has 0 heterocycles. The van der Waals surface area contributed by atoms with E-state index >= 15 is 0 Å². The summed E-state index contributed by atoms with van der Waals surface area (Å²) in [5.74, 6) is 0. The van der Waals surface area contributed by atoms with Crippen LogP contribution in [0.25, 0.3) is 0 Å². The first-order valence-electron chi connectivity index (χ1n) is 0. The number of hydrogen-bond donors (Lipinski definition) is 0. The fraction of sp³-hybridized carbons (Fsp3) is 0. The van der Waals surface area contributed by atoms with Gasteiger partial charge in [-0.2, -0.15) is 0 Å². The molecule has 0 nitrogen and oxygen atoms in total. The monoisotopic (exact) mass is 508 g/mol. The molecule has 0 atom stereocenters. The fourth-order valence-corrected chi connectivity index (χ4v) is 0. The molecule has 0 rings (SSSR count). The third-order valence-corrected chi connectivity index (χ3v) is 0. The van der Waals surface area contributed by atoms with E-state index in [9.17, 15) is 0 Å². The molecule has 0 unspecified atom stereocenters. The second-order valence-electron chi connectivity index (χ2n) is 0. The van der Waals surface area contributed by atoms with Gasteiger partial charge in [-0.3, -0.25) is 0 Å². The summed E-state index contributed by atoms with van der Waals surface area (Å²) < 4.78 is 0. The normalized spacial score (nSPS) is 0. The Hall–Kier alpha value is 4.31. The third kappa shape index (κ3) is 17.8. The van der Waals surface area contributed by atoms with Gasteiger partial charge in [-0.25, -0.2) is 0 Å². The van der Waals surface area contributed by atoms with Crippen molar-refractivity contribution in [3.05, 3.63) is 0 Å². The van der Waals surface area contributed by atoms with Crippen LogP contribution in [0.1, 0.15) is 0 Å². The molecule has 0 saturated heterocycles. The Morgan fingerprint density at radius 1 is 1.00 bits per heavy atom. The van der Waals surface area contributed by atoms with Crippen LogP contribution in [0.3, 0.4) is 0 Å². The van der Waals surface area contributed by atoms with Gasteiger partial charge in [-0.15, -0.1) is 0 Å². The van der Waals surface area contributed by atoms with Crippen molar-refractivity contribution in [2.75, 3.05) is 0 Å². The van der Waals surface area contributed by atoms with Crippen molar-refractivity contribution in [1.82, 2.24) is 0 Å². The predicted octanol–water partition coefficient (Wildman–Crippen LogP) is -1.19. The fourth-order valence-electron chi connectivity index (χ4n) is 0. The minimum atomic E-state index is 0. The van der Waals surface area contributed by atoms with Crippen LogP contribution in [0.5, 0.6) is 0 Å². The molecular formula is H3AlDyGdMoNi. The van der Waals surface area contributed by atoms with Gasteiger partial charge in [0, 0.05) is 116 Å². The van der Waals surface area contributed by atoms with Crippen molar-refractivity contribution in [2.45, 2.75) is 0 Å². The average molecular weight is 504 g/mol. The summed E-state index contributed by atoms with van der Waals surface area (Å²) in [4.78, 5) is 0.